The number of hydrogen-bond acceptors (Lipinski definition) is 4. The number of rotatable bonds is 6. The Morgan fingerprint density at radius 2 is 2.07 bits per heavy atom. The molecule has 15 heavy (non-hydrogen) atoms. The van der Waals surface area contributed by atoms with Crippen LogP contribution in [0.15, 0.2) is 0 Å². The second-order valence-electron chi connectivity index (χ2n) is 4.30. The molecule has 1 atom stereocenters. The van der Waals surface area contributed by atoms with E-state index in [2.05, 4.69) is 10.2 Å². The number of carbonyl (C=O) groups is 1. The average Bonchev–Trinajstić information content (AvgIpc) is 2.64. The Balaban J connectivity index is 2.08. The number of nitrogens with one attached hydrogen (secondary N) is 1. The topological polar surface area (TPSA) is 72.8 Å². The molecule has 1 unspecified atom stereocenters. The number of nitrogens with zero attached hydrogens (tertiary/aromatic N) is 1. The molecular weight excluding hydrogens is 196 g/mol. The van der Waals surface area contributed by atoms with Gasteiger partial charge in [0.1, 0.15) is 0 Å². The standard InChI is InChI=1S/C10H20N2O3/c1-10(15,9(13)14)8-11-4-7-12-5-2-3-6-12/h11,15H,2-8H2,1H3,(H,13,14). The van der Waals surface area contributed by atoms with E-state index < -0.39 is 11.6 Å². The van der Waals surface area contributed by atoms with Crippen molar-refractivity contribution in [2.75, 3.05) is 32.7 Å². The molecule has 1 saturated heterocycles. The molecular formula is C10H20N2O3. The molecule has 5 nitrogen and oxygen atoms in total. The summed E-state index contributed by atoms with van der Waals surface area (Å²) < 4.78 is 0. The van der Waals surface area contributed by atoms with Crippen LogP contribution in [-0.4, -0.2) is 59.4 Å². The Morgan fingerprint density at radius 3 is 2.60 bits per heavy atom. The molecule has 0 spiro atoms. The lowest BCUT2D eigenvalue weighted by Crippen LogP contribution is -2.46. The summed E-state index contributed by atoms with van der Waals surface area (Å²) in [5, 5.41) is 21.0. The van der Waals surface area contributed by atoms with Gasteiger partial charge in [-0.05, 0) is 32.9 Å². The summed E-state index contributed by atoms with van der Waals surface area (Å²) in [5.41, 5.74) is -1.66. The van der Waals surface area contributed by atoms with Crippen molar-refractivity contribution in [1.82, 2.24) is 10.2 Å². The maximum atomic E-state index is 10.6. The van der Waals surface area contributed by atoms with Gasteiger partial charge in [0.05, 0.1) is 0 Å². The van der Waals surface area contributed by atoms with Crippen molar-refractivity contribution in [3.05, 3.63) is 0 Å². The SMILES string of the molecule is CC(O)(CNCCN1CCCC1)C(=O)O. The van der Waals surface area contributed by atoms with Gasteiger partial charge in [0.2, 0.25) is 0 Å². The predicted octanol–water partition coefficient (Wildman–Crippen LogP) is -0.493. The zero-order valence-corrected chi connectivity index (χ0v) is 9.20. The van der Waals surface area contributed by atoms with Gasteiger partial charge in [0.15, 0.2) is 5.60 Å². The van der Waals surface area contributed by atoms with Crippen LogP contribution in [0.4, 0.5) is 0 Å². The van der Waals surface area contributed by atoms with Gasteiger partial charge in [-0.3, -0.25) is 0 Å². The third-order valence-electron chi connectivity index (χ3n) is 2.73. The van der Waals surface area contributed by atoms with Crippen molar-refractivity contribution in [1.29, 1.82) is 0 Å². The summed E-state index contributed by atoms with van der Waals surface area (Å²) in [7, 11) is 0. The molecule has 0 aromatic rings. The monoisotopic (exact) mass is 216 g/mol. The van der Waals surface area contributed by atoms with E-state index in [1.807, 2.05) is 0 Å². The third kappa shape index (κ3) is 4.15. The Hall–Kier alpha value is -0.650. The largest absolute Gasteiger partial charge is 0.479 e. The van der Waals surface area contributed by atoms with Gasteiger partial charge in [-0.1, -0.05) is 0 Å². The van der Waals surface area contributed by atoms with Gasteiger partial charge in [-0.25, -0.2) is 4.79 Å². The highest BCUT2D eigenvalue weighted by atomic mass is 16.4. The van der Waals surface area contributed by atoms with Crippen molar-refractivity contribution >= 4 is 5.97 Å². The first-order valence-electron chi connectivity index (χ1n) is 5.41. The van der Waals surface area contributed by atoms with E-state index in [1.165, 1.54) is 19.8 Å². The molecule has 1 heterocycles. The number of likely N-dealkylation sites (tertiary alicyclic amines) is 1. The summed E-state index contributed by atoms with van der Waals surface area (Å²) in [5.74, 6) is -1.18. The predicted molar refractivity (Wildman–Crippen MR) is 56.8 cm³/mol. The highest BCUT2D eigenvalue weighted by molar-refractivity contribution is 5.76. The summed E-state index contributed by atoms with van der Waals surface area (Å²) in [6.45, 7) is 5.32. The lowest BCUT2D eigenvalue weighted by molar-refractivity contribution is -0.156. The smallest absolute Gasteiger partial charge is 0.336 e. The van der Waals surface area contributed by atoms with Crippen LogP contribution in [0.2, 0.25) is 0 Å². The fourth-order valence-electron chi connectivity index (χ4n) is 1.65. The molecule has 0 aromatic carbocycles. The summed E-state index contributed by atoms with van der Waals surface area (Å²) >= 11 is 0. The van der Waals surface area contributed by atoms with Crippen molar-refractivity contribution < 1.29 is 15.0 Å². The van der Waals surface area contributed by atoms with Crippen LogP contribution < -0.4 is 5.32 Å². The van der Waals surface area contributed by atoms with Gasteiger partial charge >= 0.3 is 5.97 Å². The first-order valence-corrected chi connectivity index (χ1v) is 5.41. The van der Waals surface area contributed by atoms with E-state index in [4.69, 9.17) is 5.11 Å². The molecule has 0 aromatic heterocycles. The second-order valence-corrected chi connectivity index (χ2v) is 4.30. The van der Waals surface area contributed by atoms with E-state index >= 15 is 0 Å². The number of carboxylic acid groups (broad SMARTS) is 1. The summed E-state index contributed by atoms with van der Waals surface area (Å²) in [6.07, 6.45) is 2.51. The first-order chi connectivity index (χ1) is 7.02. The highest BCUT2D eigenvalue weighted by Crippen LogP contribution is 2.05. The first kappa shape index (κ1) is 12.4. The number of hydrogen-bond donors (Lipinski definition) is 3. The van der Waals surface area contributed by atoms with Gasteiger partial charge in [0, 0.05) is 19.6 Å². The normalized spacial score (nSPS) is 21.5. The van der Waals surface area contributed by atoms with Crippen LogP contribution in [0.1, 0.15) is 19.8 Å². The van der Waals surface area contributed by atoms with Gasteiger partial charge in [-0.2, -0.15) is 0 Å². The fraction of sp³-hybridized carbons (Fsp3) is 0.900. The average molecular weight is 216 g/mol. The molecule has 1 rings (SSSR count). The van der Waals surface area contributed by atoms with Gasteiger partial charge in [0.25, 0.3) is 0 Å². The Bertz CT molecular complexity index is 213. The zero-order valence-electron chi connectivity index (χ0n) is 9.20. The molecule has 1 fully saturated rings. The van der Waals surface area contributed by atoms with Crippen LogP contribution in [-0.2, 0) is 4.79 Å². The zero-order chi connectivity index (χ0) is 11.3. The molecule has 0 amide bonds. The van der Waals surface area contributed by atoms with E-state index in [-0.39, 0.29) is 6.54 Å². The summed E-state index contributed by atoms with van der Waals surface area (Å²) in [4.78, 5) is 12.9. The van der Waals surface area contributed by atoms with Gasteiger partial charge < -0.3 is 20.4 Å². The van der Waals surface area contributed by atoms with Crippen molar-refractivity contribution in [3.8, 4) is 0 Å². The Labute approximate surface area is 90.1 Å². The van der Waals surface area contributed by atoms with Crippen LogP contribution in [0.3, 0.4) is 0 Å². The van der Waals surface area contributed by atoms with Crippen LogP contribution in [0.5, 0.6) is 0 Å². The van der Waals surface area contributed by atoms with E-state index in [1.54, 1.807) is 0 Å². The van der Waals surface area contributed by atoms with Crippen LogP contribution in [0, 0.1) is 0 Å². The third-order valence-corrected chi connectivity index (χ3v) is 2.73. The molecule has 1 aliphatic heterocycles. The Morgan fingerprint density at radius 1 is 1.47 bits per heavy atom. The minimum atomic E-state index is -1.66. The molecule has 3 N–H and O–H groups in total. The number of carboxylic acids is 1. The highest BCUT2D eigenvalue weighted by Gasteiger charge is 2.29. The van der Waals surface area contributed by atoms with Gasteiger partial charge in [-0.15, -0.1) is 0 Å². The van der Waals surface area contributed by atoms with E-state index in [0.717, 1.165) is 26.2 Å². The van der Waals surface area contributed by atoms with E-state index in [9.17, 15) is 9.90 Å². The summed E-state index contributed by atoms with van der Waals surface area (Å²) in [6, 6.07) is 0. The minimum Gasteiger partial charge on any atom is -0.479 e. The molecule has 0 aliphatic carbocycles. The molecule has 0 bridgehead atoms. The fourth-order valence-corrected chi connectivity index (χ4v) is 1.65. The molecule has 0 saturated carbocycles. The molecule has 0 radical (unpaired) electrons. The van der Waals surface area contributed by atoms with Crippen molar-refractivity contribution in [3.63, 3.8) is 0 Å². The number of aliphatic carboxylic acids is 1. The molecule has 88 valence electrons. The molecule has 1 aliphatic rings. The molecule has 5 heteroatoms. The maximum Gasteiger partial charge on any atom is 0.336 e. The lowest BCUT2D eigenvalue weighted by atomic mass is 10.1. The Kier molecular flexibility index (Phi) is 4.50. The minimum absolute atomic E-state index is 0.0934. The van der Waals surface area contributed by atoms with Crippen molar-refractivity contribution in [2.45, 2.75) is 25.4 Å². The lowest BCUT2D eigenvalue weighted by Gasteiger charge is -2.20. The van der Waals surface area contributed by atoms with Crippen LogP contribution >= 0.6 is 0 Å². The second kappa shape index (κ2) is 5.44. The van der Waals surface area contributed by atoms with Crippen LogP contribution in [0.25, 0.3) is 0 Å². The quantitative estimate of drug-likeness (QED) is 0.522. The van der Waals surface area contributed by atoms with Crippen molar-refractivity contribution in [2.24, 2.45) is 0 Å². The maximum absolute atomic E-state index is 10.6. The number of aliphatic hydroxyl groups is 1. The van der Waals surface area contributed by atoms with E-state index in [0.29, 0.717) is 0 Å².